The molecule has 0 bridgehead atoms. The lowest BCUT2D eigenvalue weighted by atomic mass is 10.1. The summed E-state index contributed by atoms with van der Waals surface area (Å²) in [7, 11) is 0. The van der Waals surface area contributed by atoms with Gasteiger partial charge in [-0.2, -0.15) is 0 Å². The van der Waals surface area contributed by atoms with Crippen molar-refractivity contribution in [2.75, 3.05) is 11.5 Å². The van der Waals surface area contributed by atoms with Gasteiger partial charge in [-0.05, 0) is 41.5 Å². The van der Waals surface area contributed by atoms with E-state index in [1.807, 2.05) is 54.6 Å². The summed E-state index contributed by atoms with van der Waals surface area (Å²) in [5, 5.41) is 2.89. The molecule has 1 aromatic heterocycles. The van der Waals surface area contributed by atoms with Crippen molar-refractivity contribution in [3.8, 4) is 5.75 Å². The number of benzene rings is 2. The first-order valence-corrected chi connectivity index (χ1v) is 8.99. The van der Waals surface area contributed by atoms with Crippen LogP contribution in [0.3, 0.4) is 0 Å². The van der Waals surface area contributed by atoms with Crippen molar-refractivity contribution in [3.63, 3.8) is 0 Å². The molecule has 1 aliphatic heterocycles. The van der Waals surface area contributed by atoms with Gasteiger partial charge in [0.2, 0.25) is 0 Å². The molecule has 2 aromatic carbocycles. The molecule has 6 heteroatoms. The first-order chi connectivity index (χ1) is 13.7. The van der Waals surface area contributed by atoms with Crippen LogP contribution in [0.1, 0.15) is 21.5 Å². The van der Waals surface area contributed by atoms with Gasteiger partial charge in [0.25, 0.3) is 11.8 Å². The number of nitrogens with one attached hydrogen (secondary N) is 1. The van der Waals surface area contributed by atoms with Crippen LogP contribution in [0.5, 0.6) is 5.75 Å². The number of carbonyl (C=O) groups is 2. The Morgan fingerprint density at radius 2 is 1.93 bits per heavy atom. The van der Waals surface area contributed by atoms with E-state index in [-0.39, 0.29) is 18.4 Å². The van der Waals surface area contributed by atoms with Crippen LogP contribution in [0.15, 0.2) is 73.1 Å². The SMILES string of the molecule is O=C(NCc1cccnc1)c1cccc(CN2C(=O)COc3ccccc32)c1. The minimum absolute atomic E-state index is 0.0162. The predicted octanol–water partition coefficient (Wildman–Crippen LogP) is 2.94. The van der Waals surface area contributed by atoms with Crippen molar-refractivity contribution < 1.29 is 14.3 Å². The van der Waals surface area contributed by atoms with E-state index in [1.54, 1.807) is 23.4 Å². The molecule has 0 fully saturated rings. The number of anilines is 1. The smallest absolute Gasteiger partial charge is 0.265 e. The van der Waals surface area contributed by atoms with E-state index in [0.29, 0.717) is 24.4 Å². The van der Waals surface area contributed by atoms with Gasteiger partial charge in [-0.25, -0.2) is 0 Å². The summed E-state index contributed by atoms with van der Waals surface area (Å²) in [6, 6.07) is 18.5. The van der Waals surface area contributed by atoms with Crippen molar-refractivity contribution in [1.29, 1.82) is 0 Å². The number of para-hydroxylation sites is 2. The van der Waals surface area contributed by atoms with E-state index in [9.17, 15) is 9.59 Å². The molecule has 3 aromatic rings. The number of ether oxygens (including phenoxy) is 1. The van der Waals surface area contributed by atoms with Gasteiger partial charge in [0.1, 0.15) is 5.75 Å². The molecule has 0 saturated carbocycles. The Morgan fingerprint density at radius 1 is 1.07 bits per heavy atom. The first kappa shape index (κ1) is 17.7. The third kappa shape index (κ3) is 3.86. The van der Waals surface area contributed by atoms with E-state index in [0.717, 1.165) is 16.8 Å². The third-order valence-corrected chi connectivity index (χ3v) is 4.51. The summed E-state index contributed by atoms with van der Waals surface area (Å²) in [5.41, 5.74) is 3.10. The molecule has 0 aliphatic carbocycles. The van der Waals surface area contributed by atoms with E-state index < -0.39 is 0 Å². The predicted molar refractivity (Wildman–Crippen MR) is 105 cm³/mol. The van der Waals surface area contributed by atoms with Crippen LogP contribution in [-0.4, -0.2) is 23.4 Å². The van der Waals surface area contributed by atoms with Crippen LogP contribution in [0, 0.1) is 0 Å². The molecule has 0 atom stereocenters. The fraction of sp³-hybridized carbons (Fsp3) is 0.136. The van der Waals surface area contributed by atoms with Crippen molar-refractivity contribution in [1.82, 2.24) is 10.3 Å². The maximum Gasteiger partial charge on any atom is 0.265 e. The number of hydrogen-bond donors (Lipinski definition) is 1. The molecule has 140 valence electrons. The average molecular weight is 373 g/mol. The molecule has 0 spiro atoms. The molecule has 0 unspecified atom stereocenters. The van der Waals surface area contributed by atoms with Crippen molar-refractivity contribution >= 4 is 17.5 Å². The quantitative estimate of drug-likeness (QED) is 0.746. The molecule has 28 heavy (non-hydrogen) atoms. The molecule has 2 heterocycles. The molecule has 1 aliphatic rings. The van der Waals surface area contributed by atoms with Crippen LogP contribution in [0.4, 0.5) is 5.69 Å². The van der Waals surface area contributed by atoms with Gasteiger partial charge in [-0.1, -0.05) is 30.3 Å². The second-order valence-electron chi connectivity index (χ2n) is 6.48. The Balaban J connectivity index is 1.48. The largest absolute Gasteiger partial charge is 0.482 e. The summed E-state index contributed by atoms with van der Waals surface area (Å²) in [6.45, 7) is 0.803. The topological polar surface area (TPSA) is 71.5 Å². The number of rotatable bonds is 5. The number of nitrogens with zero attached hydrogens (tertiary/aromatic N) is 2. The number of pyridine rings is 1. The molecule has 6 nitrogen and oxygen atoms in total. The van der Waals surface area contributed by atoms with Crippen LogP contribution < -0.4 is 15.0 Å². The van der Waals surface area contributed by atoms with Crippen LogP contribution in [0.2, 0.25) is 0 Å². The maximum atomic E-state index is 12.5. The van der Waals surface area contributed by atoms with Gasteiger partial charge >= 0.3 is 0 Å². The number of amides is 2. The number of hydrogen-bond acceptors (Lipinski definition) is 4. The fourth-order valence-corrected chi connectivity index (χ4v) is 3.11. The van der Waals surface area contributed by atoms with Gasteiger partial charge < -0.3 is 15.0 Å². The molecule has 0 radical (unpaired) electrons. The summed E-state index contributed by atoms with van der Waals surface area (Å²) in [5.74, 6) is 0.414. The van der Waals surface area contributed by atoms with Gasteiger partial charge in [0.15, 0.2) is 6.61 Å². The lowest BCUT2D eigenvalue weighted by Gasteiger charge is -2.29. The number of carbonyl (C=O) groups excluding carboxylic acids is 2. The van der Waals surface area contributed by atoms with E-state index in [2.05, 4.69) is 10.3 Å². The Labute approximate surface area is 162 Å². The standard InChI is InChI=1S/C22H19N3O3/c26-21-15-28-20-9-2-1-8-19(20)25(21)14-16-5-3-7-18(11-16)22(27)24-13-17-6-4-10-23-12-17/h1-12H,13-15H2,(H,24,27). The zero-order valence-electron chi connectivity index (χ0n) is 15.2. The zero-order chi connectivity index (χ0) is 19.3. The van der Waals surface area contributed by atoms with E-state index >= 15 is 0 Å². The highest BCUT2D eigenvalue weighted by molar-refractivity contribution is 5.98. The summed E-state index contributed by atoms with van der Waals surface area (Å²) >= 11 is 0. The lowest BCUT2D eigenvalue weighted by Crippen LogP contribution is -2.38. The van der Waals surface area contributed by atoms with Crippen molar-refractivity contribution in [3.05, 3.63) is 89.7 Å². The molecule has 1 N–H and O–H groups in total. The zero-order valence-corrected chi connectivity index (χ0v) is 15.2. The first-order valence-electron chi connectivity index (χ1n) is 8.99. The summed E-state index contributed by atoms with van der Waals surface area (Å²) in [4.78, 5) is 30.6. The third-order valence-electron chi connectivity index (χ3n) is 4.51. The number of fused-ring (bicyclic) bond motifs is 1. The Hall–Kier alpha value is -3.67. The molecular weight excluding hydrogens is 354 g/mol. The monoisotopic (exact) mass is 373 g/mol. The van der Waals surface area contributed by atoms with Crippen LogP contribution in [0.25, 0.3) is 0 Å². The van der Waals surface area contributed by atoms with Crippen LogP contribution in [-0.2, 0) is 17.9 Å². The Kier molecular flexibility index (Phi) is 5.01. The van der Waals surface area contributed by atoms with Gasteiger partial charge in [-0.3, -0.25) is 14.6 Å². The van der Waals surface area contributed by atoms with Gasteiger partial charge in [-0.15, -0.1) is 0 Å². The second kappa shape index (κ2) is 7.92. The van der Waals surface area contributed by atoms with Crippen molar-refractivity contribution in [2.45, 2.75) is 13.1 Å². The van der Waals surface area contributed by atoms with Gasteiger partial charge in [0.05, 0.1) is 12.2 Å². The Bertz CT molecular complexity index is 1000. The highest BCUT2D eigenvalue weighted by Gasteiger charge is 2.25. The van der Waals surface area contributed by atoms with Crippen molar-refractivity contribution in [2.24, 2.45) is 0 Å². The highest BCUT2D eigenvalue weighted by Crippen LogP contribution is 2.32. The minimum atomic E-state index is -0.167. The lowest BCUT2D eigenvalue weighted by molar-refractivity contribution is -0.121. The highest BCUT2D eigenvalue weighted by atomic mass is 16.5. The van der Waals surface area contributed by atoms with E-state index in [4.69, 9.17) is 4.74 Å². The molecule has 2 amide bonds. The summed E-state index contributed by atoms with van der Waals surface area (Å²) < 4.78 is 5.48. The minimum Gasteiger partial charge on any atom is -0.482 e. The fourth-order valence-electron chi connectivity index (χ4n) is 3.11. The Morgan fingerprint density at radius 3 is 2.79 bits per heavy atom. The molecule has 4 rings (SSSR count). The van der Waals surface area contributed by atoms with E-state index in [1.165, 1.54) is 0 Å². The van der Waals surface area contributed by atoms with Crippen LogP contribution >= 0.6 is 0 Å². The normalized spacial score (nSPS) is 12.9. The number of aromatic nitrogens is 1. The van der Waals surface area contributed by atoms with Gasteiger partial charge in [0, 0.05) is 24.5 Å². The average Bonchev–Trinajstić information content (AvgIpc) is 2.75. The molecular formula is C22H19N3O3. The maximum absolute atomic E-state index is 12.5. The molecule has 0 saturated heterocycles. The second-order valence-corrected chi connectivity index (χ2v) is 6.48. The summed E-state index contributed by atoms with van der Waals surface area (Å²) in [6.07, 6.45) is 3.41.